The summed E-state index contributed by atoms with van der Waals surface area (Å²) in [4.78, 5) is 5.40. The van der Waals surface area contributed by atoms with E-state index in [1.165, 1.54) is 37.0 Å². The molecule has 3 heterocycles. The summed E-state index contributed by atoms with van der Waals surface area (Å²) in [5.41, 5.74) is 1.16. The molecule has 136 valence electrons. The maximum absolute atomic E-state index is 6.01. The van der Waals surface area contributed by atoms with Gasteiger partial charge in [0.1, 0.15) is 11.0 Å². The molecule has 1 aliphatic carbocycles. The lowest BCUT2D eigenvalue weighted by atomic mass is 9.95. The second-order valence-corrected chi connectivity index (χ2v) is 8.95. The van der Waals surface area contributed by atoms with E-state index < -0.39 is 0 Å². The summed E-state index contributed by atoms with van der Waals surface area (Å²) in [5.74, 6) is 1.92. The van der Waals surface area contributed by atoms with Gasteiger partial charge < -0.3 is 4.57 Å². The van der Waals surface area contributed by atoms with E-state index in [9.17, 15) is 0 Å². The number of aromatic nitrogens is 4. The zero-order valence-corrected chi connectivity index (χ0v) is 16.9. The Morgan fingerprint density at radius 2 is 2.08 bits per heavy atom. The van der Waals surface area contributed by atoms with Crippen molar-refractivity contribution in [2.24, 2.45) is 0 Å². The summed E-state index contributed by atoms with van der Waals surface area (Å²) in [6.07, 6.45) is 9.01. The van der Waals surface area contributed by atoms with Crippen LogP contribution in [0.25, 0.3) is 0 Å². The van der Waals surface area contributed by atoms with Crippen LogP contribution in [0.2, 0.25) is 5.15 Å². The summed E-state index contributed by atoms with van der Waals surface area (Å²) in [7, 11) is 0. The number of thioether (sulfide) groups is 1. The Balaban J connectivity index is 1.57. The smallest absolute Gasteiger partial charge is 0.191 e. The van der Waals surface area contributed by atoms with Crippen molar-refractivity contribution in [3.05, 3.63) is 57.3 Å². The van der Waals surface area contributed by atoms with Gasteiger partial charge in [0, 0.05) is 29.3 Å². The van der Waals surface area contributed by atoms with Crippen LogP contribution in [0.1, 0.15) is 54.4 Å². The molecule has 4 rings (SSSR count). The molecule has 0 aromatic carbocycles. The Hall–Kier alpha value is -1.37. The van der Waals surface area contributed by atoms with Crippen molar-refractivity contribution in [2.75, 3.05) is 0 Å². The molecule has 0 radical (unpaired) electrons. The molecule has 26 heavy (non-hydrogen) atoms. The molecule has 1 saturated carbocycles. The Morgan fingerprint density at radius 1 is 1.19 bits per heavy atom. The first-order valence-electron chi connectivity index (χ1n) is 8.99. The van der Waals surface area contributed by atoms with E-state index in [1.807, 2.05) is 12.1 Å². The number of thiophene rings is 1. The van der Waals surface area contributed by atoms with Crippen molar-refractivity contribution in [1.82, 2.24) is 19.7 Å². The summed E-state index contributed by atoms with van der Waals surface area (Å²) in [6, 6.07) is 8.73. The van der Waals surface area contributed by atoms with E-state index in [2.05, 4.69) is 37.3 Å². The molecule has 4 nitrogen and oxygen atoms in total. The van der Waals surface area contributed by atoms with Crippen molar-refractivity contribution in [3.63, 3.8) is 0 Å². The van der Waals surface area contributed by atoms with E-state index in [-0.39, 0.29) is 0 Å². The van der Waals surface area contributed by atoms with Crippen molar-refractivity contribution in [3.8, 4) is 0 Å². The fourth-order valence-electron chi connectivity index (χ4n) is 3.48. The van der Waals surface area contributed by atoms with Crippen LogP contribution in [0.4, 0.5) is 0 Å². The second kappa shape index (κ2) is 8.55. The molecule has 1 fully saturated rings. The van der Waals surface area contributed by atoms with Crippen molar-refractivity contribution in [2.45, 2.75) is 55.5 Å². The van der Waals surface area contributed by atoms with Gasteiger partial charge in [-0.15, -0.1) is 21.5 Å². The van der Waals surface area contributed by atoms with Crippen LogP contribution < -0.4 is 0 Å². The highest BCUT2D eigenvalue weighted by atomic mass is 35.5. The van der Waals surface area contributed by atoms with Crippen LogP contribution in [0, 0.1) is 0 Å². The fraction of sp³-hybridized carbons (Fsp3) is 0.421. The van der Waals surface area contributed by atoms with Gasteiger partial charge >= 0.3 is 0 Å². The number of hydrogen-bond acceptors (Lipinski definition) is 5. The molecule has 0 N–H and O–H groups in total. The summed E-state index contributed by atoms with van der Waals surface area (Å²) < 4.78 is 2.41. The minimum atomic E-state index is 0.525. The molecule has 3 aromatic rings. The number of hydrogen-bond donors (Lipinski definition) is 0. The molecule has 0 spiro atoms. The quantitative estimate of drug-likeness (QED) is 0.386. The van der Waals surface area contributed by atoms with Gasteiger partial charge in [-0.1, -0.05) is 48.7 Å². The number of pyridine rings is 1. The van der Waals surface area contributed by atoms with E-state index in [0.29, 0.717) is 11.2 Å². The van der Waals surface area contributed by atoms with E-state index in [4.69, 9.17) is 11.6 Å². The topological polar surface area (TPSA) is 43.6 Å². The van der Waals surface area contributed by atoms with Crippen molar-refractivity contribution >= 4 is 34.7 Å². The summed E-state index contributed by atoms with van der Waals surface area (Å²) in [5, 5.41) is 12.8. The van der Waals surface area contributed by atoms with Gasteiger partial charge in [0.2, 0.25) is 0 Å². The molecule has 0 aliphatic heterocycles. The number of halogens is 1. The molecule has 1 aliphatic rings. The van der Waals surface area contributed by atoms with E-state index in [1.54, 1.807) is 29.3 Å². The highest BCUT2D eigenvalue weighted by Gasteiger charge is 2.23. The molecule has 0 bridgehead atoms. The van der Waals surface area contributed by atoms with E-state index >= 15 is 0 Å². The average Bonchev–Trinajstić information content (AvgIpc) is 3.31. The van der Waals surface area contributed by atoms with Crippen LogP contribution >= 0.6 is 34.7 Å². The first-order chi connectivity index (χ1) is 12.8. The molecule has 7 heteroatoms. The zero-order valence-electron chi connectivity index (χ0n) is 14.5. The third-order valence-electron chi connectivity index (χ3n) is 4.75. The summed E-state index contributed by atoms with van der Waals surface area (Å²) in [6.45, 7) is 0. The summed E-state index contributed by atoms with van der Waals surface area (Å²) >= 11 is 9.54. The Morgan fingerprint density at radius 3 is 2.85 bits per heavy atom. The molecule has 3 aromatic heterocycles. The number of rotatable bonds is 6. The fourth-order valence-corrected chi connectivity index (χ4v) is 5.35. The monoisotopic (exact) mass is 404 g/mol. The predicted molar refractivity (Wildman–Crippen MR) is 108 cm³/mol. The van der Waals surface area contributed by atoms with Gasteiger partial charge in [-0.2, -0.15) is 0 Å². The van der Waals surface area contributed by atoms with Crippen LogP contribution in [0.15, 0.2) is 41.0 Å². The molecular formula is C19H21ClN4S2. The average molecular weight is 405 g/mol. The van der Waals surface area contributed by atoms with Gasteiger partial charge in [-0.3, -0.25) is 0 Å². The van der Waals surface area contributed by atoms with Gasteiger partial charge in [0.15, 0.2) is 5.16 Å². The minimum Gasteiger partial charge on any atom is -0.303 e. The standard InChI is InChI=1S/C19H21ClN4S2/c20-17-11-14(8-9-21-17)13-26-19-23-22-18(12-16-7-4-10-25-16)24(19)15-5-2-1-3-6-15/h4,7-11,15H,1-3,5-6,12-13H2. The Kier molecular flexibility index (Phi) is 5.92. The Labute approximate surface area is 167 Å². The Bertz CT molecular complexity index is 841. The SMILES string of the molecule is Clc1cc(CSc2nnc(Cc3cccs3)n2C2CCCCC2)ccn1. The lowest BCUT2D eigenvalue weighted by Gasteiger charge is -2.25. The maximum Gasteiger partial charge on any atom is 0.191 e. The van der Waals surface area contributed by atoms with Crippen LogP contribution in [0.5, 0.6) is 0 Å². The molecular weight excluding hydrogens is 384 g/mol. The largest absolute Gasteiger partial charge is 0.303 e. The third-order valence-corrected chi connectivity index (χ3v) is 6.84. The zero-order chi connectivity index (χ0) is 17.8. The minimum absolute atomic E-state index is 0.525. The van der Waals surface area contributed by atoms with Crippen molar-refractivity contribution in [1.29, 1.82) is 0 Å². The van der Waals surface area contributed by atoms with E-state index in [0.717, 1.165) is 28.7 Å². The second-order valence-electron chi connectivity index (χ2n) is 6.59. The normalized spacial score (nSPS) is 15.4. The lowest BCUT2D eigenvalue weighted by molar-refractivity contribution is 0.330. The highest BCUT2D eigenvalue weighted by Crippen LogP contribution is 2.34. The van der Waals surface area contributed by atoms with Gasteiger partial charge in [-0.05, 0) is 42.0 Å². The predicted octanol–water partition coefficient (Wildman–Crippen LogP) is 5.78. The first-order valence-corrected chi connectivity index (χ1v) is 11.2. The van der Waals surface area contributed by atoms with Gasteiger partial charge in [-0.25, -0.2) is 4.98 Å². The number of nitrogens with zero attached hydrogens (tertiary/aromatic N) is 4. The highest BCUT2D eigenvalue weighted by molar-refractivity contribution is 7.98. The lowest BCUT2D eigenvalue weighted by Crippen LogP contribution is -2.16. The molecule has 0 unspecified atom stereocenters. The maximum atomic E-state index is 6.01. The van der Waals surface area contributed by atoms with Crippen LogP contribution in [-0.4, -0.2) is 19.7 Å². The molecule has 0 saturated heterocycles. The van der Waals surface area contributed by atoms with Gasteiger partial charge in [0.05, 0.1) is 0 Å². The third kappa shape index (κ3) is 4.30. The van der Waals surface area contributed by atoms with Gasteiger partial charge in [0.25, 0.3) is 0 Å². The first kappa shape index (κ1) is 18.0. The molecule has 0 atom stereocenters. The van der Waals surface area contributed by atoms with Crippen LogP contribution in [0.3, 0.4) is 0 Å². The van der Waals surface area contributed by atoms with Crippen LogP contribution in [-0.2, 0) is 12.2 Å². The molecule has 0 amide bonds. The van der Waals surface area contributed by atoms with Crippen molar-refractivity contribution < 1.29 is 0 Å².